The first-order chi connectivity index (χ1) is 8.56. The molecule has 1 N–H and O–H groups in total. The van der Waals surface area contributed by atoms with Crippen LogP contribution >= 0.6 is 0 Å². The molecule has 1 aromatic carbocycles. The second-order valence-electron chi connectivity index (χ2n) is 3.92. The Morgan fingerprint density at radius 1 is 1.33 bits per heavy atom. The van der Waals surface area contributed by atoms with Gasteiger partial charge in [-0.2, -0.15) is 0 Å². The molecule has 0 saturated heterocycles. The van der Waals surface area contributed by atoms with Gasteiger partial charge in [-0.3, -0.25) is 4.79 Å². The summed E-state index contributed by atoms with van der Waals surface area (Å²) in [7, 11) is 0. The van der Waals surface area contributed by atoms with Gasteiger partial charge in [-0.05, 0) is 30.7 Å². The fourth-order valence-electron chi connectivity index (χ4n) is 1.55. The average Bonchev–Trinajstić information content (AvgIpc) is 2.63. The molecule has 0 saturated carbocycles. The Labute approximate surface area is 104 Å². The maximum atomic E-state index is 11.3. The lowest BCUT2D eigenvalue weighted by Crippen LogP contribution is -2.05. The SMILES string of the molecule is CC(=O)Nc1ccc(/C=C2\C(=O)ON=C2C)cc1. The van der Waals surface area contributed by atoms with Gasteiger partial charge in [0, 0.05) is 12.6 Å². The summed E-state index contributed by atoms with van der Waals surface area (Å²) in [4.78, 5) is 26.8. The first kappa shape index (κ1) is 12.0. The second-order valence-corrected chi connectivity index (χ2v) is 3.92. The third-order valence-electron chi connectivity index (χ3n) is 2.42. The highest BCUT2D eigenvalue weighted by Crippen LogP contribution is 2.17. The Morgan fingerprint density at radius 2 is 2.00 bits per heavy atom. The van der Waals surface area contributed by atoms with Gasteiger partial charge in [-0.1, -0.05) is 17.3 Å². The molecule has 1 amide bonds. The molecule has 0 aliphatic carbocycles. The Balaban J connectivity index is 2.20. The number of anilines is 1. The van der Waals surface area contributed by atoms with Crippen LogP contribution in [0.5, 0.6) is 0 Å². The van der Waals surface area contributed by atoms with Gasteiger partial charge < -0.3 is 10.2 Å². The predicted molar refractivity (Wildman–Crippen MR) is 67.9 cm³/mol. The molecule has 0 atom stereocenters. The van der Waals surface area contributed by atoms with Crippen molar-refractivity contribution < 1.29 is 14.4 Å². The van der Waals surface area contributed by atoms with Gasteiger partial charge in [-0.25, -0.2) is 4.79 Å². The van der Waals surface area contributed by atoms with E-state index in [1.807, 2.05) is 0 Å². The van der Waals surface area contributed by atoms with Crippen LogP contribution in [0, 0.1) is 0 Å². The van der Waals surface area contributed by atoms with E-state index in [9.17, 15) is 9.59 Å². The zero-order chi connectivity index (χ0) is 13.1. The summed E-state index contributed by atoms with van der Waals surface area (Å²) in [5.41, 5.74) is 2.56. The molecule has 1 aromatic rings. The lowest BCUT2D eigenvalue weighted by Gasteiger charge is -2.02. The van der Waals surface area contributed by atoms with Crippen LogP contribution in [0.4, 0.5) is 5.69 Å². The van der Waals surface area contributed by atoms with E-state index in [-0.39, 0.29) is 5.91 Å². The molecule has 0 spiro atoms. The molecule has 18 heavy (non-hydrogen) atoms. The highest BCUT2D eigenvalue weighted by Gasteiger charge is 2.21. The molecular formula is C13H12N2O3. The molecule has 1 heterocycles. The number of nitrogens with zero attached hydrogens (tertiary/aromatic N) is 1. The summed E-state index contributed by atoms with van der Waals surface area (Å²) in [6, 6.07) is 7.13. The number of rotatable bonds is 2. The monoisotopic (exact) mass is 244 g/mol. The van der Waals surface area contributed by atoms with Crippen molar-refractivity contribution in [2.45, 2.75) is 13.8 Å². The lowest BCUT2D eigenvalue weighted by molar-refractivity contribution is -0.136. The molecule has 0 unspecified atom stereocenters. The molecule has 0 bridgehead atoms. The van der Waals surface area contributed by atoms with E-state index in [1.165, 1.54) is 6.92 Å². The van der Waals surface area contributed by atoms with Crippen LogP contribution in [-0.4, -0.2) is 17.6 Å². The van der Waals surface area contributed by atoms with Crippen LogP contribution in [0.2, 0.25) is 0 Å². The number of amides is 1. The molecule has 5 heteroatoms. The van der Waals surface area contributed by atoms with Gasteiger partial charge >= 0.3 is 5.97 Å². The van der Waals surface area contributed by atoms with E-state index < -0.39 is 5.97 Å². The van der Waals surface area contributed by atoms with Crippen molar-refractivity contribution in [1.82, 2.24) is 0 Å². The molecule has 0 fully saturated rings. The molecule has 5 nitrogen and oxygen atoms in total. The van der Waals surface area contributed by atoms with Gasteiger partial charge in [0.2, 0.25) is 5.91 Å². The third kappa shape index (κ3) is 2.63. The first-order valence-corrected chi connectivity index (χ1v) is 5.42. The summed E-state index contributed by atoms with van der Waals surface area (Å²) < 4.78 is 0. The maximum absolute atomic E-state index is 11.3. The van der Waals surface area contributed by atoms with Crippen molar-refractivity contribution in [3.63, 3.8) is 0 Å². The average molecular weight is 244 g/mol. The summed E-state index contributed by atoms with van der Waals surface area (Å²) in [6.45, 7) is 3.16. The zero-order valence-electron chi connectivity index (χ0n) is 10.1. The van der Waals surface area contributed by atoms with Crippen LogP contribution in [0.3, 0.4) is 0 Å². The fraction of sp³-hybridized carbons (Fsp3) is 0.154. The van der Waals surface area contributed by atoms with Crippen molar-refractivity contribution >= 4 is 29.4 Å². The molecule has 1 aliphatic heterocycles. The summed E-state index contributed by atoms with van der Waals surface area (Å²) in [5, 5.41) is 6.26. The lowest BCUT2D eigenvalue weighted by atomic mass is 10.1. The molecule has 92 valence electrons. The standard InChI is InChI=1S/C13H12N2O3/c1-8-12(13(17)18-15-8)7-10-3-5-11(6-4-10)14-9(2)16/h3-7H,1-2H3,(H,14,16)/b12-7-. The number of hydrogen-bond acceptors (Lipinski definition) is 4. The highest BCUT2D eigenvalue weighted by molar-refractivity contribution is 6.24. The van der Waals surface area contributed by atoms with E-state index in [0.717, 1.165) is 5.56 Å². The Kier molecular flexibility index (Phi) is 3.23. The van der Waals surface area contributed by atoms with Crippen LogP contribution in [0.25, 0.3) is 6.08 Å². The van der Waals surface area contributed by atoms with E-state index in [1.54, 1.807) is 37.3 Å². The van der Waals surface area contributed by atoms with E-state index in [0.29, 0.717) is 17.0 Å². The van der Waals surface area contributed by atoms with Crippen molar-refractivity contribution in [3.8, 4) is 0 Å². The number of benzene rings is 1. The summed E-state index contributed by atoms with van der Waals surface area (Å²) in [5.74, 6) is -0.568. The number of oxime groups is 1. The van der Waals surface area contributed by atoms with Gasteiger partial charge in [0.25, 0.3) is 0 Å². The largest absolute Gasteiger partial charge is 0.367 e. The Bertz CT molecular complexity index is 556. The minimum absolute atomic E-state index is 0.122. The molecule has 0 aromatic heterocycles. The fourth-order valence-corrected chi connectivity index (χ4v) is 1.55. The van der Waals surface area contributed by atoms with Crippen LogP contribution in [-0.2, 0) is 14.4 Å². The maximum Gasteiger partial charge on any atom is 0.367 e. The second kappa shape index (κ2) is 4.83. The number of carbonyl (C=O) groups is 2. The summed E-state index contributed by atoms with van der Waals surface area (Å²) >= 11 is 0. The molecular weight excluding hydrogens is 232 g/mol. The molecule has 1 aliphatic rings. The van der Waals surface area contributed by atoms with E-state index in [4.69, 9.17) is 0 Å². The smallest absolute Gasteiger partial charge is 0.326 e. The van der Waals surface area contributed by atoms with E-state index in [2.05, 4.69) is 15.3 Å². The van der Waals surface area contributed by atoms with Crippen molar-refractivity contribution in [1.29, 1.82) is 0 Å². The minimum Gasteiger partial charge on any atom is -0.326 e. The molecule has 0 radical (unpaired) electrons. The third-order valence-corrected chi connectivity index (χ3v) is 2.42. The number of hydrogen-bond donors (Lipinski definition) is 1. The van der Waals surface area contributed by atoms with Crippen molar-refractivity contribution in [2.24, 2.45) is 5.16 Å². The van der Waals surface area contributed by atoms with Gasteiger partial charge in [0.1, 0.15) is 0 Å². The van der Waals surface area contributed by atoms with Crippen LogP contribution in [0.15, 0.2) is 35.0 Å². The Hall–Kier alpha value is -2.43. The minimum atomic E-state index is -0.446. The topological polar surface area (TPSA) is 67.8 Å². The Morgan fingerprint density at radius 3 is 2.50 bits per heavy atom. The van der Waals surface area contributed by atoms with Crippen molar-refractivity contribution in [3.05, 3.63) is 35.4 Å². The van der Waals surface area contributed by atoms with Crippen molar-refractivity contribution in [2.75, 3.05) is 5.32 Å². The highest BCUT2D eigenvalue weighted by atomic mass is 16.7. The van der Waals surface area contributed by atoms with Gasteiger partial charge in [0.05, 0.1) is 11.3 Å². The summed E-state index contributed by atoms with van der Waals surface area (Å²) in [6.07, 6.45) is 1.70. The predicted octanol–water partition coefficient (Wildman–Crippen LogP) is 1.96. The van der Waals surface area contributed by atoms with Gasteiger partial charge in [-0.15, -0.1) is 0 Å². The normalized spacial score (nSPS) is 16.4. The number of carbonyl (C=O) groups excluding carboxylic acids is 2. The van der Waals surface area contributed by atoms with Crippen LogP contribution < -0.4 is 5.32 Å². The number of nitrogens with one attached hydrogen (secondary N) is 1. The van der Waals surface area contributed by atoms with Crippen LogP contribution in [0.1, 0.15) is 19.4 Å². The van der Waals surface area contributed by atoms with Gasteiger partial charge in [0.15, 0.2) is 0 Å². The zero-order valence-corrected chi connectivity index (χ0v) is 10.1. The van der Waals surface area contributed by atoms with E-state index >= 15 is 0 Å². The molecule has 2 rings (SSSR count). The first-order valence-electron chi connectivity index (χ1n) is 5.42. The quantitative estimate of drug-likeness (QED) is 0.638.